The van der Waals surface area contributed by atoms with Crippen LogP contribution in [0.2, 0.25) is 0 Å². The first-order chi connectivity index (χ1) is 22.2. The maximum Gasteiger partial charge on any atom is 0.488 e. The first-order valence-corrected chi connectivity index (χ1v) is 17.2. The van der Waals surface area contributed by atoms with E-state index in [1.807, 2.05) is 43.3 Å². The van der Waals surface area contributed by atoms with Crippen molar-refractivity contribution >= 4 is 111 Å². The van der Waals surface area contributed by atoms with E-state index in [2.05, 4.69) is 134 Å². The van der Waals surface area contributed by atoms with E-state index in [0.29, 0.717) is 5.46 Å². The van der Waals surface area contributed by atoms with E-state index in [9.17, 15) is 0 Å². The third-order valence-electron chi connectivity index (χ3n) is 7.77. The minimum Gasteiger partial charge on any atom is -0.455 e. The maximum absolute atomic E-state index is 8.76. The quantitative estimate of drug-likeness (QED) is 0.134. The molecular weight excluding hydrogens is 818 g/mol. The summed E-state index contributed by atoms with van der Waals surface area (Å²) in [7, 11) is -1.35. The summed E-state index contributed by atoms with van der Waals surface area (Å²) in [6.45, 7) is 3.97. The van der Waals surface area contributed by atoms with Crippen LogP contribution >= 0.6 is 54.5 Å². The zero-order valence-corrected chi connectivity index (χ0v) is 30.3. The number of rotatable bonds is 2. The van der Waals surface area contributed by atoms with Gasteiger partial charge in [-0.15, -0.1) is 0 Å². The van der Waals surface area contributed by atoms with Crippen LogP contribution in [0.4, 0.5) is 0 Å². The summed E-state index contributed by atoms with van der Waals surface area (Å²) in [6.07, 6.45) is 0. The van der Waals surface area contributed by atoms with E-state index >= 15 is 0 Å². The van der Waals surface area contributed by atoms with Crippen LogP contribution in [-0.4, -0.2) is 17.2 Å². The third-order valence-corrected chi connectivity index (χ3v) is 9.61. The molecule has 0 unspecified atom stereocenters. The Kier molecular flexibility index (Phi) is 10.0. The molecule has 8 heteroatoms. The summed E-state index contributed by atoms with van der Waals surface area (Å²) in [5, 5.41) is 22.2. The molecule has 0 aliphatic rings. The number of hydrogen-bond acceptors (Lipinski definition) is 4. The molecule has 2 heterocycles. The van der Waals surface area contributed by atoms with Crippen LogP contribution in [0.25, 0.3) is 55.0 Å². The number of halogens is 3. The van der Waals surface area contributed by atoms with Gasteiger partial charge < -0.3 is 18.9 Å². The molecular formula is C38H28BBr2IO4. The fourth-order valence-corrected chi connectivity index (χ4v) is 6.80. The Morgan fingerprint density at radius 3 is 1.65 bits per heavy atom. The molecule has 6 aromatic carbocycles. The molecule has 2 N–H and O–H groups in total. The standard InChI is InChI=1S/C19H13BrO.C12H6BrIO.C7H9BO2/c1-12-5-2-3-6-14(12)15-7-4-8-16-17-11-13(20)9-10-18(17)21-19(15)16;13-7-4-5-11-9(6-7)8-2-1-3-10(14)12(8)15-11;1-6-4-2-3-5-7(6)8(9)10/h2-11H,1H3;1-6H;2-5,9-10H,1H3. The van der Waals surface area contributed by atoms with E-state index in [4.69, 9.17) is 18.9 Å². The average molecular weight is 846 g/mol. The zero-order valence-electron chi connectivity index (χ0n) is 25.0. The minimum absolute atomic E-state index is 0.572. The maximum atomic E-state index is 8.76. The van der Waals surface area contributed by atoms with Gasteiger partial charge in [0.05, 0.1) is 3.57 Å². The summed E-state index contributed by atoms with van der Waals surface area (Å²) in [5.74, 6) is 0. The molecule has 4 nitrogen and oxygen atoms in total. The molecule has 8 aromatic rings. The fourth-order valence-electron chi connectivity index (χ4n) is 5.47. The first-order valence-electron chi connectivity index (χ1n) is 14.6. The predicted octanol–water partition coefficient (Wildman–Crippen LogP) is 11.0. The van der Waals surface area contributed by atoms with Gasteiger partial charge in [-0.2, -0.15) is 0 Å². The van der Waals surface area contributed by atoms with Crippen LogP contribution in [0.3, 0.4) is 0 Å². The van der Waals surface area contributed by atoms with Gasteiger partial charge >= 0.3 is 7.12 Å². The van der Waals surface area contributed by atoms with Gasteiger partial charge in [0.2, 0.25) is 0 Å². The molecule has 0 atom stereocenters. The van der Waals surface area contributed by atoms with Gasteiger partial charge in [-0.05, 0) is 95.5 Å². The molecule has 0 saturated heterocycles. The summed E-state index contributed by atoms with van der Waals surface area (Å²) in [4.78, 5) is 0. The molecule has 0 saturated carbocycles. The molecule has 0 bridgehead atoms. The Bertz CT molecular complexity index is 2330. The Balaban J connectivity index is 0.000000130. The van der Waals surface area contributed by atoms with Crippen molar-refractivity contribution in [3.8, 4) is 11.1 Å². The first kappa shape index (κ1) is 32.5. The second-order valence-electron chi connectivity index (χ2n) is 10.8. The SMILES string of the molecule is Brc1ccc2oc3c(I)cccc3c2c1.Cc1ccccc1-c1cccc2c1oc1ccc(Br)cc12.Cc1ccccc1B(O)O. The summed E-state index contributed by atoms with van der Waals surface area (Å²) >= 11 is 9.31. The van der Waals surface area contributed by atoms with Crippen LogP contribution in [0.15, 0.2) is 139 Å². The smallest absolute Gasteiger partial charge is 0.455 e. The number of fused-ring (bicyclic) bond motifs is 6. The van der Waals surface area contributed by atoms with Crippen LogP contribution in [0, 0.1) is 17.4 Å². The normalized spacial score (nSPS) is 10.9. The highest BCUT2D eigenvalue weighted by Crippen LogP contribution is 2.37. The molecule has 0 radical (unpaired) electrons. The summed E-state index contributed by atoms with van der Waals surface area (Å²) in [6, 6.07) is 40.4. The predicted molar refractivity (Wildman–Crippen MR) is 207 cm³/mol. The van der Waals surface area contributed by atoms with Gasteiger partial charge in [-0.1, -0.05) is 116 Å². The lowest BCUT2D eigenvalue weighted by Crippen LogP contribution is -2.31. The zero-order chi connectivity index (χ0) is 32.4. The second kappa shape index (κ2) is 14.2. The topological polar surface area (TPSA) is 66.7 Å². The largest absolute Gasteiger partial charge is 0.488 e. The number of hydrogen-bond donors (Lipinski definition) is 2. The Labute approximate surface area is 297 Å². The summed E-state index contributed by atoms with van der Waals surface area (Å²) in [5.41, 5.74) is 8.91. The van der Waals surface area contributed by atoms with Crippen molar-refractivity contribution in [3.05, 3.63) is 145 Å². The molecule has 0 aliphatic carbocycles. The van der Waals surface area contributed by atoms with E-state index in [-0.39, 0.29) is 0 Å². The Morgan fingerprint density at radius 1 is 0.543 bits per heavy atom. The third kappa shape index (κ3) is 6.82. The van der Waals surface area contributed by atoms with Crippen molar-refractivity contribution in [3.63, 3.8) is 0 Å². The van der Waals surface area contributed by atoms with Crippen molar-refractivity contribution in [2.75, 3.05) is 0 Å². The fraction of sp³-hybridized carbons (Fsp3) is 0.0526. The number of furan rings is 2. The molecule has 0 aliphatic heterocycles. The second-order valence-corrected chi connectivity index (χ2v) is 13.8. The average Bonchev–Trinajstić information content (AvgIpc) is 3.61. The van der Waals surface area contributed by atoms with Crippen LogP contribution in [0.5, 0.6) is 0 Å². The monoisotopic (exact) mass is 844 g/mol. The highest BCUT2D eigenvalue weighted by atomic mass is 127. The number of aryl methyl sites for hydroxylation is 2. The molecule has 46 heavy (non-hydrogen) atoms. The van der Waals surface area contributed by atoms with Crippen molar-refractivity contribution < 1.29 is 18.9 Å². The molecule has 228 valence electrons. The van der Waals surface area contributed by atoms with Gasteiger partial charge in [0.15, 0.2) is 0 Å². The Morgan fingerprint density at radius 2 is 1.07 bits per heavy atom. The van der Waals surface area contributed by atoms with Crippen molar-refractivity contribution in [1.82, 2.24) is 0 Å². The van der Waals surface area contributed by atoms with Crippen LogP contribution < -0.4 is 5.46 Å². The highest BCUT2D eigenvalue weighted by molar-refractivity contribution is 14.1. The van der Waals surface area contributed by atoms with E-state index in [0.717, 1.165) is 62.1 Å². The molecule has 0 spiro atoms. The van der Waals surface area contributed by atoms with Gasteiger partial charge in [0, 0.05) is 36.1 Å². The van der Waals surface area contributed by atoms with Gasteiger partial charge in [0.25, 0.3) is 0 Å². The number of benzene rings is 6. The lowest BCUT2D eigenvalue weighted by molar-refractivity contribution is 0.425. The van der Waals surface area contributed by atoms with Crippen LogP contribution in [0.1, 0.15) is 11.1 Å². The lowest BCUT2D eigenvalue weighted by atomic mass is 9.77. The van der Waals surface area contributed by atoms with E-state index < -0.39 is 7.12 Å². The van der Waals surface area contributed by atoms with Gasteiger partial charge in [-0.3, -0.25) is 0 Å². The van der Waals surface area contributed by atoms with Crippen LogP contribution in [-0.2, 0) is 0 Å². The lowest BCUT2D eigenvalue weighted by Gasteiger charge is -2.06. The van der Waals surface area contributed by atoms with E-state index in [1.54, 1.807) is 12.1 Å². The van der Waals surface area contributed by atoms with E-state index in [1.165, 1.54) is 16.5 Å². The van der Waals surface area contributed by atoms with Crippen molar-refractivity contribution in [2.45, 2.75) is 13.8 Å². The minimum atomic E-state index is -1.35. The molecule has 2 aromatic heterocycles. The summed E-state index contributed by atoms with van der Waals surface area (Å²) < 4.78 is 15.2. The Hall–Kier alpha value is -3.41. The number of para-hydroxylation sites is 2. The highest BCUT2D eigenvalue weighted by Gasteiger charge is 2.14. The molecule has 0 amide bonds. The molecule has 0 fully saturated rings. The van der Waals surface area contributed by atoms with Crippen molar-refractivity contribution in [2.24, 2.45) is 0 Å². The van der Waals surface area contributed by atoms with Gasteiger partial charge in [-0.25, -0.2) is 0 Å². The molecule has 8 rings (SSSR count). The van der Waals surface area contributed by atoms with Crippen molar-refractivity contribution in [1.29, 1.82) is 0 Å². The van der Waals surface area contributed by atoms with Gasteiger partial charge in [0.1, 0.15) is 22.3 Å².